The highest BCUT2D eigenvalue weighted by atomic mass is 16.5. The Morgan fingerprint density at radius 3 is 2.78 bits per heavy atom. The number of carbonyl (C=O) groups is 1. The maximum absolute atomic E-state index is 11.1. The van der Waals surface area contributed by atoms with Crippen LogP contribution in [0.25, 0.3) is 0 Å². The zero-order chi connectivity index (χ0) is 13.6. The van der Waals surface area contributed by atoms with Crippen LogP contribution < -0.4 is 0 Å². The van der Waals surface area contributed by atoms with Crippen molar-refractivity contribution in [3.63, 3.8) is 0 Å². The highest BCUT2D eigenvalue weighted by molar-refractivity contribution is 5.75. The molecule has 1 saturated heterocycles. The SMILES string of the molecule is CCC(C)OCCCN1CCC(CO)(C(=O)O)C1. The molecule has 0 saturated carbocycles. The molecule has 1 fully saturated rings. The van der Waals surface area contributed by atoms with Crippen molar-refractivity contribution >= 4 is 5.97 Å². The number of rotatable bonds is 8. The van der Waals surface area contributed by atoms with Crippen LogP contribution in [0, 0.1) is 5.41 Å². The average molecular weight is 259 g/mol. The summed E-state index contributed by atoms with van der Waals surface area (Å²) in [5, 5.41) is 18.4. The molecule has 0 aromatic carbocycles. The van der Waals surface area contributed by atoms with Gasteiger partial charge in [-0.3, -0.25) is 4.79 Å². The minimum absolute atomic E-state index is 0.276. The zero-order valence-electron chi connectivity index (χ0n) is 11.4. The Morgan fingerprint density at radius 1 is 1.56 bits per heavy atom. The maximum atomic E-state index is 11.1. The van der Waals surface area contributed by atoms with Gasteiger partial charge in [-0.25, -0.2) is 0 Å². The normalized spacial score (nSPS) is 26.4. The van der Waals surface area contributed by atoms with E-state index in [1.165, 1.54) is 0 Å². The fourth-order valence-electron chi connectivity index (χ4n) is 2.21. The number of aliphatic carboxylic acids is 1. The number of hydrogen-bond acceptors (Lipinski definition) is 4. The highest BCUT2D eigenvalue weighted by Crippen LogP contribution is 2.30. The quantitative estimate of drug-likeness (QED) is 0.635. The molecular weight excluding hydrogens is 234 g/mol. The Hall–Kier alpha value is -0.650. The average Bonchev–Trinajstić information content (AvgIpc) is 2.79. The molecule has 1 rings (SSSR count). The van der Waals surface area contributed by atoms with Crippen LogP contribution in [0.3, 0.4) is 0 Å². The molecule has 5 nitrogen and oxygen atoms in total. The van der Waals surface area contributed by atoms with Crippen molar-refractivity contribution in [2.24, 2.45) is 5.41 Å². The standard InChI is InChI=1S/C13H25NO4/c1-3-11(2)18-8-4-6-14-7-5-13(9-14,10-15)12(16)17/h11,15H,3-10H2,1-2H3,(H,16,17). The van der Waals surface area contributed by atoms with Crippen molar-refractivity contribution in [1.82, 2.24) is 4.90 Å². The Labute approximate surface area is 109 Å². The molecule has 18 heavy (non-hydrogen) atoms. The third kappa shape index (κ3) is 3.93. The predicted octanol–water partition coefficient (Wildman–Crippen LogP) is 0.961. The number of carboxylic acid groups (broad SMARTS) is 1. The van der Waals surface area contributed by atoms with Gasteiger partial charge in [0.25, 0.3) is 0 Å². The van der Waals surface area contributed by atoms with E-state index < -0.39 is 11.4 Å². The molecule has 5 heteroatoms. The zero-order valence-corrected chi connectivity index (χ0v) is 11.4. The van der Waals surface area contributed by atoms with Gasteiger partial charge in [0.1, 0.15) is 5.41 Å². The molecular formula is C13H25NO4. The van der Waals surface area contributed by atoms with E-state index in [2.05, 4.69) is 18.7 Å². The Bertz CT molecular complexity index is 272. The monoisotopic (exact) mass is 259 g/mol. The lowest BCUT2D eigenvalue weighted by atomic mass is 9.88. The van der Waals surface area contributed by atoms with E-state index in [4.69, 9.17) is 9.84 Å². The molecule has 2 unspecified atom stereocenters. The van der Waals surface area contributed by atoms with Gasteiger partial charge in [0, 0.05) is 19.7 Å². The molecule has 2 atom stereocenters. The van der Waals surface area contributed by atoms with Gasteiger partial charge in [0.2, 0.25) is 0 Å². The molecule has 1 aliphatic rings. The van der Waals surface area contributed by atoms with Crippen molar-refractivity contribution in [2.45, 2.75) is 39.2 Å². The minimum Gasteiger partial charge on any atom is -0.481 e. The van der Waals surface area contributed by atoms with Crippen molar-refractivity contribution in [3.05, 3.63) is 0 Å². The van der Waals surface area contributed by atoms with Crippen molar-refractivity contribution < 1.29 is 19.7 Å². The van der Waals surface area contributed by atoms with Crippen LogP contribution in [0.15, 0.2) is 0 Å². The second kappa shape index (κ2) is 7.07. The van der Waals surface area contributed by atoms with Gasteiger partial charge in [-0.2, -0.15) is 0 Å². The first-order chi connectivity index (χ1) is 8.54. The Morgan fingerprint density at radius 2 is 2.28 bits per heavy atom. The number of hydrogen-bond donors (Lipinski definition) is 2. The first-order valence-corrected chi connectivity index (χ1v) is 6.72. The van der Waals surface area contributed by atoms with Crippen LogP contribution in [0.2, 0.25) is 0 Å². The molecule has 0 bridgehead atoms. The second-order valence-electron chi connectivity index (χ2n) is 5.21. The van der Waals surface area contributed by atoms with Crippen LogP contribution in [-0.4, -0.2) is 60.0 Å². The summed E-state index contributed by atoms with van der Waals surface area (Å²) >= 11 is 0. The summed E-state index contributed by atoms with van der Waals surface area (Å²) in [4.78, 5) is 13.2. The third-order valence-corrected chi connectivity index (χ3v) is 3.79. The lowest BCUT2D eigenvalue weighted by Gasteiger charge is -2.22. The lowest BCUT2D eigenvalue weighted by Crippen LogP contribution is -2.38. The van der Waals surface area contributed by atoms with E-state index in [1.54, 1.807) is 0 Å². The van der Waals surface area contributed by atoms with E-state index in [0.717, 1.165) is 25.9 Å². The predicted molar refractivity (Wildman–Crippen MR) is 68.5 cm³/mol. The van der Waals surface area contributed by atoms with E-state index in [0.29, 0.717) is 25.7 Å². The van der Waals surface area contributed by atoms with E-state index in [1.807, 2.05) is 0 Å². The first kappa shape index (κ1) is 15.4. The highest BCUT2D eigenvalue weighted by Gasteiger charge is 2.44. The molecule has 0 spiro atoms. The maximum Gasteiger partial charge on any atom is 0.313 e. The number of aliphatic hydroxyl groups is 1. The summed E-state index contributed by atoms with van der Waals surface area (Å²) in [6, 6.07) is 0. The van der Waals surface area contributed by atoms with Gasteiger partial charge in [0.05, 0.1) is 12.7 Å². The van der Waals surface area contributed by atoms with Gasteiger partial charge in [-0.1, -0.05) is 6.92 Å². The van der Waals surface area contributed by atoms with Crippen LogP contribution in [0.1, 0.15) is 33.1 Å². The van der Waals surface area contributed by atoms with E-state index >= 15 is 0 Å². The molecule has 0 aromatic heterocycles. The van der Waals surface area contributed by atoms with Gasteiger partial charge in [-0.05, 0) is 32.7 Å². The molecule has 1 aliphatic heterocycles. The van der Waals surface area contributed by atoms with E-state index in [9.17, 15) is 9.90 Å². The summed E-state index contributed by atoms with van der Waals surface area (Å²) < 4.78 is 5.58. The number of likely N-dealkylation sites (tertiary alicyclic amines) is 1. The van der Waals surface area contributed by atoms with Crippen molar-refractivity contribution in [1.29, 1.82) is 0 Å². The van der Waals surface area contributed by atoms with E-state index in [-0.39, 0.29) is 6.61 Å². The minimum atomic E-state index is -0.947. The summed E-state index contributed by atoms with van der Waals surface area (Å²) in [6.45, 7) is 6.61. The largest absolute Gasteiger partial charge is 0.481 e. The lowest BCUT2D eigenvalue weighted by molar-refractivity contribution is -0.150. The van der Waals surface area contributed by atoms with Gasteiger partial charge >= 0.3 is 5.97 Å². The second-order valence-corrected chi connectivity index (χ2v) is 5.21. The fraction of sp³-hybridized carbons (Fsp3) is 0.923. The van der Waals surface area contributed by atoms with Crippen LogP contribution >= 0.6 is 0 Å². The molecule has 106 valence electrons. The number of aliphatic hydroxyl groups excluding tert-OH is 1. The number of ether oxygens (including phenoxy) is 1. The fourth-order valence-corrected chi connectivity index (χ4v) is 2.21. The van der Waals surface area contributed by atoms with Crippen LogP contribution in [0.5, 0.6) is 0 Å². The third-order valence-electron chi connectivity index (χ3n) is 3.79. The summed E-state index contributed by atoms with van der Waals surface area (Å²) in [5.41, 5.74) is -0.947. The van der Waals surface area contributed by atoms with Crippen LogP contribution in [0.4, 0.5) is 0 Å². The topological polar surface area (TPSA) is 70.0 Å². The first-order valence-electron chi connectivity index (χ1n) is 6.72. The molecule has 0 radical (unpaired) electrons. The van der Waals surface area contributed by atoms with Gasteiger partial charge < -0.3 is 19.8 Å². The summed E-state index contributed by atoms with van der Waals surface area (Å²) in [6.07, 6.45) is 2.74. The van der Waals surface area contributed by atoms with Crippen LogP contribution in [-0.2, 0) is 9.53 Å². The van der Waals surface area contributed by atoms with Crippen molar-refractivity contribution in [3.8, 4) is 0 Å². The number of carboxylic acids is 1. The smallest absolute Gasteiger partial charge is 0.313 e. The van der Waals surface area contributed by atoms with Gasteiger partial charge in [-0.15, -0.1) is 0 Å². The molecule has 0 aliphatic carbocycles. The Kier molecular flexibility index (Phi) is 6.05. The molecule has 0 amide bonds. The molecule has 1 heterocycles. The van der Waals surface area contributed by atoms with Crippen molar-refractivity contribution in [2.75, 3.05) is 32.8 Å². The van der Waals surface area contributed by atoms with Gasteiger partial charge in [0.15, 0.2) is 0 Å². The number of nitrogens with zero attached hydrogens (tertiary/aromatic N) is 1. The Balaban J connectivity index is 2.24. The summed E-state index contributed by atoms with van der Waals surface area (Å²) in [7, 11) is 0. The summed E-state index contributed by atoms with van der Waals surface area (Å²) in [5.74, 6) is -0.886. The molecule has 2 N–H and O–H groups in total. The molecule has 0 aromatic rings.